The molecule has 0 aromatic heterocycles. The van der Waals surface area contributed by atoms with Crippen molar-refractivity contribution >= 4 is 17.6 Å². The largest absolute Gasteiger partial charge is 0.465 e. The van der Waals surface area contributed by atoms with E-state index >= 15 is 0 Å². The van der Waals surface area contributed by atoms with Gasteiger partial charge in [0.05, 0.1) is 18.4 Å². The predicted octanol–water partition coefficient (Wildman–Crippen LogP) is 3.08. The smallest absolute Gasteiger partial charge is 0.339 e. The molecule has 0 heterocycles. The van der Waals surface area contributed by atoms with Gasteiger partial charge in [-0.3, -0.25) is 4.79 Å². The number of nitrogens with one attached hydrogen (secondary N) is 1. The lowest BCUT2D eigenvalue weighted by Crippen LogP contribution is -2.24. The van der Waals surface area contributed by atoms with E-state index in [4.69, 9.17) is 4.74 Å². The third-order valence-corrected chi connectivity index (χ3v) is 3.48. The minimum absolute atomic E-state index is 0.0215. The number of anilines is 1. The molecule has 0 fully saturated rings. The summed E-state index contributed by atoms with van der Waals surface area (Å²) in [5.41, 5.74) is 1.86. The predicted molar refractivity (Wildman–Crippen MR) is 77.6 cm³/mol. The Morgan fingerprint density at radius 1 is 1.30 bits per heavy atom. The first-order valence-corrected chi connectivity index (χ1v) is 6.76. The van der Waals surface area contributed by atoms with Crippen molar-refractivity contribution in [1.29, 1.82) is 0 Å². The number of rotatable bonds is 3. The van der Waals surface area contributed by atoms with Crippen LogP contribution >= 0.6 is 0 Å². The van der Waals surface area contributed by atoms with Crippen LogP contribution in [-0.2, 0) is 9.53 Å². The molecule has 1 atom stereocenters. The van der Waals surface area contributed by atoms with Gasteiger partial charge in [0.1, 0.15) is 0 Å². The Bertz CT molecular complexity index is 549. The van der Waals surface area contributed by atoms with Gasteiger partial charge in [0.2, 0.25) is 5.91 Å². The number of amides is 1. The van der Waals surface area contributed by atoms with E-state index in [-0.39, 0.29) is 11.8 Å². The highest BCUT2D eigenvalue weighted by Gasteiger charge is 2.21. The number of hydrogen-bond acceptors (Lipinski definition) is 3. The van der Waals surface area contributed by atoms with Crippen molar-refractivity contribution in [2.45, 2.75) is 26.2 Å². The van der Waals surface area contributed by atoms with Gasteiger partial charge in [-0.05, 0) is 38.3 Å². The summed E-state index contributed by atoms with van der Waals surface area (Å²) in [5, 5.41) is 2.85. The molecule has 0 bridgehead atoms. The number of methoxy groups -OCH3 is 1. The molecule has 1 amide bonds. The molecule has 0 saturated heterocycles. The van der Waals surface area contributed by atoms with Crippen LogP contribution in [0.25, 0.3) is 0 Å². The highest BCUT2D eigenvalue weighted by molar-refractivity contribution is 6.02. The molecule has 4 nitrogen and oxygen atoms in total. The zero-order valence-corrected chi connectivity index (χ0v) is 11.8. The molecule has 1 unspecified atom stereocenters. The molecule has 1 aromatic carbocycles. The normalized spacial score (nSPS) is 17.6. The monoisotopic (exact) mass is 273 g/mol. The lowest BCUT2D eigenvalue weighted by Gasteiger charge is -2.18. The van der Waals surface area contributed by atoms with E-state index in [9.17, 15) is 9.59 Å². The summed E-state index contributed by atoms with van der Waals surface area (Å²) in [6.07, 6.45) is 6.66. The standard InChI is InChI=1S/C16H19NO3/c1-11-8-9-14(13(10-11)16(19)20-2)17-15(18)12-6-4-3-5-7-12/h3-4,8-10,12H,5-7H2,1-2H3,(H,17,18). The van der Waals surface area contributed by atoms with Gasteiger partial charge >= 0.3 is 5.97 Å². The van der Waals surface area contributed by atoms with Crippen molar-refractivity contribution in [3.63, 3.8) is 0 Å². The minimum Gasteiger partial charge on any atom is -0.465 e. The molecule has 2 rings (SSSR count). The minimum atomic E-state index is -0.437. The first-order chi connectivity index (χ1) is 9.61. The molecule has 0 spiro atoms. The molecule has 1 aromatic rings. The van der Waals surface area contributed by atoms with Crippen LogP contribution in [0.2, 0.25) is 0 Å². The second-order valence-electron chi connectivity index (χ2n) is 5.01. The van der Waals surface area contributed by atoms with Gasteiger partial charge in [-0.25, -0.2) is 4.79 Å². The number of ether oxygens (including phenoxy) is 1. The van der Waals surface area contributed by atoms with E-state index in [0.29, 0.717) is 11.3 Å². The Hall–Kier alpha value is -2.10. The third kappa shape index (κ3) is 3.26. The van der Waals surface area contributed by atoms with Gasteiger partial charge in [0, 0.05) is 5.92 Å². The highest BCUT2D eigenvalue weighted by Crippen LogP contribution is 2.23. The Balaban J connectivity index is 2.18. The number of carbonyl (C=O) groups is 2. The molecular weight excluding hydrogens is 254 g/mol. The maximum absolute atomic E-state index is 12.2. The Morgan fingerprint density at radius 3 is 2.75 bits per heavy atom. The summed E-state index contributed by atoms with van der Waals surface area (Å²) >= 11 is 0. The number of carbonyl (C=O) groups excluding carboxylic acids is 2. The van der Waals surface area contributed by atoms with Crippen LogP contribution in [-0.4, -0.2) is 19.0 Å². The Kier molecular flexibility index (Phi) is 4.56. The SMILES string of the molecule is COC(=O)c1cc(C)ccc1NC(=O)C1CC=CCC1. The summed E-state index contributed by atoms with van der Waals surface area (Å²) in [6, 6.07) is 5.34. The van der Waals surface area contributed by atoms with Gasteiger partial charge < -0.3 is 10.1 Å². The summed E-state index contributed by atoms with van der Waals surface area (Å²) in [6.45, 7) is 1.89. The zero-order valence-electron chi connectivity index (χ0n) is 11.8. The number of esters is 1. The molecule has 4 heteroatoms. The summed E-state index contributed by atoms with van der Waals surface area (Å²) < 4.78 is 4.76. The van der Waals surface area contributed by atoms with Gasteiger partial charge in [-0.15, -0.1) is 0 Å². The van der Waals surface area contributed by atoms with E-state index in [0.717, 1.165) is 24.8 Å². The fourth-order valence-corrected chi connectivity index (χ4v) is 2.31. The van der Waals surface area contributed by atoms with Crippen molar-refractivity contribution in [1.82, 2.24) is 0 Å². The first kappa shape index (κ1) is 14.3. The van der Waals surface area contributed by atoms with Crippen LogP contribution in [0.1, 0.15) is 35.2 Å². The summed E-state index contributed by atoms with van der Waals surface area (Å²) in [7, 11) is 1.34. The van der Waals surface area contributed by atoms with Crippen LogP contribution in [0.3, 0.4) is 0 Å². The molecule has 1 aliphatic carbocycles. The number of hydrogen-bond donors (Lipinski definition) is 1. The third-order valence-electron chi connectivity index (χ3n) is 3.48. The Morgan fingerprint density at radius 2 is 2.10 bits per heavy atom. The second-order valence-corrected chi connectivity index (χ2v) is 5.01. The molecule has 1 N–H and O–H groups in total. The number of allylic oxidation sites excluding steroid dienone is 2. The Labute approximate surface area is 118 Å². The quantitative estimate of drug-likeness (QED) is 0.680. The van der Waals surface area contributed by atoms with E-state index in [1.54, 1.807) is 12.1 Å². The summed E-state index contributed by atoms with van der Waals surface area (Å²) in [5.74, 6) is -0.498. The number of benzene rings is 1. The molecule has 0 aliphatic heterocycles. The van der Waals surface area contributed by atoms with Crippen molar-refractivity contribution in [2.24, 2.45) is 5.92 Å². The van der Waals surface area contributed by atoms with Crippen molar-refractivity contribution in [3.05, 3.63) is 41.5 Å². The second kappa shape index (κ2) is 6.37. The lowest BCUT2D eigenvalue weighted by atomic mass is 9.93. The lowest BCUT2D eigenvalue weighted by molar-refractivity contribution is -0.120. The first-order valence-electron chi connectivity index (χ1n) is 6.76. The van der Waals surface area contributed by atoms with Crippen molar-refractivity contribution in [3.8, 4) is 0 Å². The van der Waals surface area contributed by atoms with E-state index in [2.05, 4.69) is 11.4 Å². The van der Waals surface area contributed by atoms with Gasteiger partial charge in [-0.2, -0.15) is 0 Å². The molecule has 20 heavy (non-hydrogen) atoms. The van der Waals surface area contributed by atoms with Crippen LogP contribution in [0.4, 0.5) is 5.69 Å². The molecule has 1 aliphatic rings. The van der Waals surface area contributed by atoms with Gasteiger partial charge in [0.15, 0.2) is 0 Å². The fraction of sp³-hybridized carbons (Fsp3) is 0.375. The van der Waals surface area contributed by atoms with Crippen LogP contribution in [0, 0.1) is 12.8 Å². The summed E-state index contributed by atoms with van der Waals surface area (Å²) in [4.78, 5) is 24.0. The molecule has 106 valence electrons. The average molecular weight is 273 g/mol. The number of aryl methyl sites for hydroxylation is 1. The van der Waals surface area contributed by atoms with Crippen molar-refractivity contribution < 1.29 is 14.3 Å². The van der Waals surface area contributed by atoms with Gasteiger partial charge in [0.25, 0.3) is 0 Å². The van der Waals surface area contributed by atoms with E-state index in [1.807, 2.05) is 19.1 Å². The maximum atomic E-state index is 12.2. The topological polar surface area (TPSA) is 55.4 Å². The van der Waals surface area contributed by atoms with E-state index in [1.165, 1.54) is 7.11 Å². The molecular formula is C16H19NO3. The van der Waals surface area contributed by atoms with Crippen LogP contribution in [0.5, 0.6) is 0 Å². The molecule has 0 radical (unpaired) electrons. The van der Waals surface area contributed by atoms with Gasteiger partial charge in [-0.1, -0.05) is 23.8 Å². The van der Waals surface area contributed by atoms with E-state index < -0.39 is 5.97 Å². The average Bonchev–Trinajstić information content (AvgIpc) is 2.49. The van der Waals surface area contributed by atoms with Crippen molar-refractivity contribution in [2.75, 3.05) is 12.4 Å². The highest BCUT2D eigenvalue weighted by atomic mass is 16.5. The zero-order chi connectivity index (χ0) is 14.5. The molecule has 0 saturated carbocycles. The maximum Gasteiger partial charge on any atom is 0.339 e. The fourth-order valence-electron chi connectivity index (χ4n) is 2.31. The van der Waals surface area contributed by atoms with Crippen LogP contribution in [0.15, 0.2) is 30.4 Å². The van der Waals surface area contributed by atoms with Crippen LogP contribution < -0.4 is 5.32 Å².